The molecule has 1 saturated carbocycles. The lowest BCUT2D eigenvalue weighted by Crippen LogP contribution is -2.53. The average Bonchev–Trinajstić information content (AvgIpc) is 2.53. The zero-order valence-electron chi connectivity index (χ0n) is 13.4. The van der Waals surface area contributed by atoms with Crippen LogP contribution in [0.15, 0.2) is 0 Å². The Labute approximate surface area is 135 Å². The van der Waals surface area contributed by atoms with E-state index in [1.807, 2.05) is 0 Å². The largest absolute Gasteiger partial charge is 0.481 e. The number of carbonyl (C=O) groups is 3. The van der Waals surface area contributed by atoms with Gasteiger partial charge in [0.2, 0.25) is 5.91 Å². The maximum Gasteiger partial charge on any atom is 0.326 e. The molecular formula is C16H25NO6. The minimum atomic E-state index is -1.09. The third-order valence-corrected chi connectivity index (χ3v) is 4.94. The van der Waals surface area contributed by atoms with E-state index in [9.17, 15) is 19.5 Å². The normalized spacial score (nSPS) is 31.6. The lowest BCUT2D eigenvalue weighted by atomic mass is 9.89. The summed E-state index contributed by atoms with van der Waals surface area (Å²) in [6, 6.07) is -0.951. The van der Waals surface area contributed by atoms with Crippen molar-refractivity contribution >= 4 is 17.8 Å². The topological polar surface area (TPSA) is 104 Å². The molecule has 0 spiro atoms. The van der Waals surface area contributed by atoms with Crippen molar-refractivity contribution in [2.24, 2.45) is 11.8 Å². The fourth-order valence-corrected chi connectivity index (χ4v) is 3.37. The molecule has 0 aromatic rings. The lowest BCUT2D eigenvalue weighted by Gasteiger charge is -2.36. The van der Waals surface area contributed by atoms with E-state index in [1.165, 1.54) is 0 Å². The molecule has 23 heavy (non-hydrogen) atoms. The molecule has 2 atom stereocenters. The Kier molecular flexibility index (Phi) is 5.98. The van der Waals surface area contributed by atoms with Crippen molar-refractivity contribution in [3.05, 3.63) is 0 Å². The van der Waals surface area contributed by atoms with Gasteiger partial charge in [0.1, 0.15) is 12.6 Å². The Morgan fingerprint density at radius 2 is 1.65 bits per heavy atom. The number of amides is 1. The van der Waals surface area contributed by atoms with Crippen LogP contribution < -0.4 is 0 Å². The van der Waals surface area contributed by atoms with Gasteiger partial charge in [0, 0.05) is 6.54 Å². The Hall–Kier alpha value is -1.63. The maximum absolute atomic E-state index is 12.3. The summed E-state index contributed by atoms with van der Waals surface area (Å²) in [6.07, 6.45) is 4.45. The minimum Gasteiger partial charge on any atom is -0.481 e. The van der Waals surface area contributed by atoms with Crippen LogP contribution in [0.4, 0.5) is 0 Å². The number of nitrogens with zero attached hydrogens (tertiary/aromatic N) is 1. The first-order valence-electron chi connectivity index (χ1n) is 8.25. The van der Waals surface area contributed by atoms with E-state index in [2.05, 4.69) is 6.92 Å². The van der Waals surface area contributed by atoms with Crippen LogP contribution in [0.5, 0.6) is 0 Å². The number of carboxylic acid groups (broad SMARTS) is 2. The molecule has 1 amide bonds. The van der Waals surface area contributed by atoms with Crippen LogP contribution in [0.1, 0.15) is 45.4 Å². The van der Waals surface area contributed by atoms with Crippen molar-refractivity contribution in [1.82, 2.24) is 4.90 Å². The van der Waals surface area contributed by atoms with Crippen LogP contribution in [0, 0.1) is 11.8 Å². The van der Waals surface area contributed by atoms with E-state index in [0.717, 1.165) is 30.6 Å². The number of hydrogen-bond acceptors (Lipinski definition) is 4. The molecular weight excluding hydrogens is 302 g/mol. The highest BCUT2D eigenvalue weighted by Gasteiger charge is 2.38. The van der Waals surface area contributed by atoms with Gasteiger partial charge < -0.3 is 19.8 Å². The molecule has 1 heterocycles. The zero-order chi connectivity index (χ0) is 17.0. The second-order valence-corrected chi connectivity index (χ2v) is 6.71. The summed E-state index contributed by atoms with van der Waals surface area (Å²) in [7, 11) is 0. The van der Waals surface area contributed by atoms with E-state index in [1.54, 1.807) is 0 Å². The average molecular weight is 327 g/mol. The third kappa shape index (κ3) is 4.67. The summed E-state index contributed by atoms with van der Waals surface area (Å²) in [5, 5.41) is 18.4. The predicted octanol–water partition coefficient (Wildman–Crippen LogP) is 1.36. The Balaban J connectivity index is 1.91. The number of carboxylic acids is 2. The molecule has 7 heteroatoms. The van der Waals surface area contributed by atoms with Gasteiger partial charge in [-0.1, -0.05) is 6.92 Å². The van der Waals surface area contributed by atoms with Gasteiger partial charge in [-0.25, -0.2) is 4.79 Å². The van der Waals surface area contributed by atoms with Gasteiger partial charge in [0.25, 0.3) is 0 Å². The summed E-state index contributed by atoms with van der Waals surface area (Å²) < 4.78 is 5.64. The van der Waals surface area contributed by atoms with E-state index >= 15 is 0 Å². The molecule has 1 aliphatic heterocycles. The van der Waals surface area contributed by atoms with Gasteiger partial charge in [0.05, 0.1) is 12.0 Å². The number of carbonyl (C=O) groups excluding carboxylic acids is 1. The van der Waals surface area contributed by atoms with Gasteiger partial charge in [-0.05, 0) is 44.4 Å². The van der Waals surface area contributed by atoms with Crippen LogP contribution in [0.3, 0.4) is 0 Å². The molecule has 2 fully saturated rings. The monoisotopic (exact) mass is 327 g/mol. The summed E-state index contributed by atoms with van der Waals surface area (Å²) in [4.78, 5) is 35.9. The molecule has 0 bridgehead atoms. The SMILES string of the molecule is CC1CCC(OCC(=O)N2CC(C(=O)O)CCC2C(=O)O)CC1. The number of aliphatic carboxylic acids is 2. The Morgan fingerprint density at radius 1 is 1.00 bits per heavy atom. The highest BCUT2D eigenvalue weighted by molar-refractivity contribution is 5.85. The van der Waals surface area contributed by atoms with Crippen molar-refractivity contribution in [3.63, 3.8) is 0 Å². The molecule has 1 saturated heterocycles. The van der Waals surface area contributed by atoms with Crippen LogP contribution >= 0.6 is 0 Å². The van der Waals surface area contributed by atoms with Gasteiger partial charge in [-0.2, -0.15) is 0 Å². The van der Waals surface area contributed by atoms with E-state index in [0.29, 0.717) is 5.92 Å². The molecule has 130 valence electrons. The number of hydrogen-bond donors (Lipinski definition) is 2. The first-order valence-corrected chi connectivity index (χ1v) is 8.25. The molecule has 0 radical (unpaired) electrons. The number of rotatable bonds is 5. The predicted molar refractivity (Wildman–Crippen MR) is 80.9 cm³/mol. The molecule has 2 aliphatic rings. The molecule has 0 aromatic heterocycles. The molecule has 0 aromatic carbocycles. The lowest BCUT2D eigenvalue weighted by molar-refractivity contribution is -0.160. The first-order chi connectivity index (χ1) is 10.9. The Morgan fingerprint density at radius 3 is 2.22 bits per heavy atom. The molecule has 1 aliphatic carbocycles. The minimum absolute atomic E-state index is 0.0403. The first kappa shape index (κ1) is 17.7. The van der Waals surface area contributed by atoms with Crippen molar-refractivity contribution in [3.8, 4) is 0 Å². The standard InChI is InChI=1S/C16H25NO6/c1-10-2-5-12(6-3-10)23-9-14(18)17-8-11(15(19)20)4-7-13(17)16(21)22/h10-13H,2-9H2,1H3,(H,19,20)(H,21,22). The van der Waals surface area contributed by atoms with Crippen molar-refractivity contribution in [1.29, 1.82) is 0 Å². The van der Waals surface area contributed by atoms with Gasteiger partial charge in [-0.3, -0.25) is 9.59 Å². The highest BCUT2D eigenvalue weighted by atomic mass is 16.5. The van der Waals surface area contributed by atoms with Crippen LogP contribution in [0.2, 0.25) is 0 Å². The summed E-state index contributed by atoms with van der Waals surface area (Å²) in [5.74, 6) is -2.53. The second kappa shape index (κ2) is 7.77. The van der Waals surface area contributed by atoms with Gasteiger partial charge >= 0.3 is 11.9 Å². The van der Waals surface area contributed by atoms with Crippen LogP contribution in [-0.2, 0) is 19.1 Å². The molecule has 2 unspecified atom stereocenters. The summed E-state index contributed by atoms with van der Waals surface area (Å²) >= 11 is 0. The number of likely N-dealkylation sites (tertiary alicyclic amines) is 1. The molecule has 7 nitrogen and oxygen atoms in total. The maximum atomic E-state index is 12.3. The van der Waals surface area contributed by atoms with Gasteiger partial charge in [-0.15, -0.1) is 0 Å². The zero-order valence-corrected chi connectivity index (χ0v) is 13.4. The third-order valence-electron chi connectivity index (χ3n) is 4.94. The summed E-state index contributed by atoms with van der Waals surface area (Å²) in [6.45, 7) is 1.96. The number of ether oxygens (including phenoxy) is 1. The van der Waals surface area contributed by atoms with E-state index in [4.69, 9.17) is 9.84 Å². The molecule has 2 rings (SSSR count). The van der Waals surface area contributed by atoms with Crippen molar-refractivity contribution < 1.29 is 29.3 Å². The van der Waals surface area contributed by atoms with Gasteiger partial charge in [0.15, 0.2) is 0 Å². The second-order valence-electron chi connectivity index (χ2n) is 6.71. The van der Waals surface area contributed by atoms with Crippen molar-refractivity contribution in [2.45, 2.75) is 57.6 Å². The van der Waals surface area contributed by atoms with Crippen LogP contribution in [0.25, 0.3) is 0 Å². The van der Waals surface area contributed by atoms with Crippen molar-refractivity contribution in [2.75, 3.05) is 13.2 Å². The highest BCUT2D eigenvalue weighted by Crippen LogP contribution is 2.26. The smallest absolute Gasteiger partial charge is 0.326 e. The fraction of sp³-hybridized carbons (Fsp3) is 0.812. The van der Waals surface area contributed by atoms with E-state index < -0.39 is 29.8 Å². The number of piperidine rings is 1. The fourth-order valence-electron chi connectivity index (χ4n) is 3.37. The van der Waals surface area contributed by atoms with E-state index in [-0.39, 0.29) is 32.1 Å². The summed E-state index contributed by atoms with van der Waals surface area (Å²) in [5.41, 5.74) is 0. The quantitative estimate of drug-likeness (QED) is 0.790. The molecule has 2 N–H and O–H groups in total. The Bertz CT molecular complexity index is 457. The van der Waals surface area contributed by atoms with Crippen LogP contribution in [-0.4, -0.2) is 58.3 Å².